The van der Waals surface area contributed by atoms with Crippen LogP contribution in [0, 0.1) is 20.8 Å². The fourth-order valence-electron chi connectivity index (χ4n) is 3.14. The van der Waals surface area contributed by atoms with Gasteiger partial charge in [0.1, 0.15) is 0 Å². The third-order valence-electron chi connectivity index (χ3n) is 4.51. The van der Waals surface area contributed by atoms with E-state index in [9.17, 15) is 4.79 Å². The standard InChI is InChI=1S/C14H24N4O/c1-5-16-14(13(15)19)7-6-12(8-14)18-11(4)9(2)10(3)17-18/h12,16H,5-8H2,1-4H3,(H2,15,19). The van der Waals surface area contributed by atoms with E-state index in [1.165, 1.54) is 11.3 Å². The van der Waals surface area contributed by atoms with Crippen LogP contribution in [0.4, 0.5) is 0 Å². The van der Waals surface area contributed by atoms with Gasteiger partial charge in [0.05, 0.1) is 17.3 Å². The summed E-state index contributed by atoms with van der Waals surface area (Å²) in [5, 5.41) is 7.90. The Morgan fingerprint density at radius 2 is 2.21 bits per heavy atom. The highest BCUT2D eigenvalue weighted by Gasteiger charge is 2.44. The van der Waals surface area contributed by atoms with Crippen LogP contribution >= 0.6 is 0 Å². The monoisotopic (exact) mass is 264 g/mol. The molecule has 2 atom stereocenters. The minimum absolute atomic E-state index is 0.241. The number of nitrogens with one attached hydrogen (secondary N) is 1. The number of amides is 1. The Bertz CT molecular complexity index is 494. The lowest BCUT2D eigenvalue weighted by molar-refractivity contribution is -0.124. The molecule has 5 nitrogen and oxygen atoms in total. The molecule has 1 saturated carbocycles. The van der Waals surface area contributed by atoms with Gasteiger partial charge >= 0.3 is 0 Å². The second kappa shape index (κ2) is 4.96. The van der Waals surface area contributed by atoms with E-state index in [2.05, 4.69) is 28.9 Å². The van der Waals surface area contributed by atoms with Crippen LogP contribution < -0.4 is 11.1 Å². The van der Waals surface area contributed by atoms with E-state index in [0.717, 1.165) is 31.5 Å². The number of carbonyl (C=O) groups excluding carboxylic acids is 1. The molecule has 1 aliphatic carbocycles. The molecule has 5 heteroatoms. The summed E-state index contributed by atoms with van der Waals surface area (Å²) in [6, 6.07) is 0.263. The van der Waals surface area contributed by atoms with Crippen LogP contribution in [0.5, 0.6) is 0 Å². The van der Waals surface area contributed by atoms with E-state index in [0.29, 0.717) is 0 Å². The van der Waals surface area contributed by atoms with Crippen LogP contribution in [-0.4, -0.2) is 27.8 Å². The average Bonchev–Trinajstić information content (AvgIpc) is 2.88. The summed E-state index contributed by atoms with van der Waals surface area (Å²) in [6.45, 7) is 8.97. The molecule has 106 valence electrons. The van der Waals surface area contributed by atoms with Gasteiger partial charge in [-0.25, -0.2) is 0 Å². The van der Waals surface area contributed by atoms with Gasteiger partial charge in [0.2, 0.25) is 5.91 Å². The number of nitrogens with zero attached hydrogens (tertiary/aromatic N) is 2. The van der Waals surface area contributed by atoms with E-state index < -0.39 is 5.54 Å². The van der Waals surface area contributed by atoms with E-state index in [-0.39, 0.29) is 11.9 Å². The number of aromatic nitrogens is 2. The summed E-state index contributed by atoms with van der Waals surface area (Å²) in [5.41, 5.74) is 8.54. The van der Waals surface area contributed by atoms with Crippen molar-refractivity contribution in [1.82, 2.24) is 15.1 Å². The first-order chi connectivity index (χ1) is 8.91. The van der Waals surface area contributed by atoms with Crippen molar-refractivity contribution in [3.63, 3.8) is 0 Å². The lowest BCUT2D eigenvalue weighted by Crippen LogP contribution is -2.53. The normalized spacial score (nSPS) is 26.8. The molecule has 1 aliphatic rings. The van der Waals surface area contributed by atoms with Crippen molar-refractivity contribution in [1.29, 1.82) is 0 Å². The van der Waals surface area contributed by atoms with Crippen LogP contribution in [0.25, 0.3) is 0 Å². The number of nitrogens with two attached hydrogens (primary N) is 1. The molecular formula is C14H24N4O. The third-order valence-corrected chi connectivity index (χ3v) is 4.51. The van der Waals surface area contributed by atoms with Gasteiger partial charge < -0.3 is 11.1 Å². The topological polar surface area (TPSA) is 72.9 Å². The SMILES string of the molecule is CCNC1(C(N)=O)CCC(n2nc(C)c(C)c2C)C1. The predicted octanol–water partition coefficient (Wildman–Crippen LogP) is 1.37. The molecular weight excluding hydrogens is 240 g/mol. The van der Waals surface area contributed by atoms with Crippen molar-refractivity contribution in [2.24, 2.45) is 5.73 Å². The summed E-state index contributed by atoms with van der Waals surface area (Å²) in [7, 11) is 0. The quantitative estimate of drug-likeness (QED) is 0.862. The molecule has 0 saturated heterocycles. The molecule has 19 heavy (non-hydrogen) atoms. The van der Waals surface area contributed by atoms with Crippen LogP contribution in [0.1, 0.15) is 49.2 Å². The Labute approximate surface area is 114 Å². The first-order valence-corrected chi connectivity index (χ1v) is 6.98. The molecule has 2 rings (SSSR count). The molecule has 1 fully saturated rings. The fourth-order valence-corrected chi connectivity index (χ4v) is 3.14. The molecule has 0 radical (unpaired) electrons. The molecule has 1 amide bonds. The van der Waals surface area contributed by atoms with Gasteiger partial charge in [-0.3, -0.25) is 9.48 Å². The maximum atomic E-state index is 11.8. The summed E-state index contributed by atoms with van der Waals surface area (Å²) < 4.78 is 2.08. The van der Waals surface area contributed by atoms with Crippen molar-refractivity contribution in [2.45, 2.75) is 58.5 Å². The minimum atomic E-state index is -0.556. The molecule has 1 aromatic rings. The zero-order valence-electron chi connectivity index (χ0n) is 12.3. The molecule has 0 spiro atoms. The first-order valence-electron chi connectivity index (χ1n) is 6.98. The first kappa shape index (κ1) is 14.1. The highest BCUT2D eigenvalue weighted by atomic mass is 16.1. The number of likely N-dealkylation sites (N-methyl/N-ethyl adjacent to an activating group) is 1. The van der Waals surface area contributed by atoms with Crippen molar-refractivity contribution in [3.8, 4) is 0 Å². The largest absolute Gasteiger partial charge is 0.368 e. The average molecular weight is 264 g/mol. The Balaban J connectivity index is 2.26. The number of hydrogen-bond acceptors (Lipinski definition) is 3. The van der Waals surface area contributed by atoms with Crippen LogP contribution in [0.15, 0.2) is 0 Å². The van der Waals surface area contributed by atoms with Gasteiger partial charge in [-0.2, -0.15) is 5.10 Å². The second-order valence-corrected chi connectivity index (χ2v) is 5.61. The smallest absolute Gasteiger partial charge is 0.237 e. The van der Waals surface area contributed by atoms with E-state index >= 15 is 0 Å². The van der Waals surface area contributed by atoms with Crippen LogP contribution in [-0.2, 0) is 4.79 Å². The van der Waals surface area contributed by atoms with Crippen LogP contribution in [0.2, 0.25) is 0 Å². The summed E-state index contributed by atoms with van der Waals surface area (Å²) >= 11 is 0. The molecule has 1 aromatic heterocycles. The predicted molar refractivity (Wildman–Crippen MR) is 74.9 cm³/mol. The summed E-state index contributed by atoms with van der Waals surface area (Å²) in [4.78, 5) is 11.8. The van der Waals surface area contributed by atoms with Crippen molar-refractivity contribution in [2.75, 3.05) is 6.54 Å². The maximum absolute atomic E-state index is 11.8. The number of hydrogen-bond donors (Lipinski definition) is 2. The minimum Gasteiger partial charge on any atom is -0.368 e. The Morgan fingerprint density at radius 1 is 1.53 bits per heavy atom. The zero-order valence-corrected chi connectivity index (χ0v) is 12.3. The van der Waals surface area contributed by atoms with Gasteiger partial charge in [-0.15, -0.1) is 0 Å². The lowest BCUT2D eigenvalue weighted by Gasteiger charge is -2.26. The highest BCUT2D eigenvalue weighted by molar-refractivity contribution is 5.85. The Kier molecular flexibility index (Phi) is 3.67. The molecule has 0 bridgehead atoms. The van der Waals surface area contributed by atoms with Crippen molar-refractivity contribution >= 4 is 5.91 Å². The number of carbonyl (C=O) groups is 1. The van der Waals surface area contributed by atoms with Gasteiger partial charge in [-0.1, -0.05) is 6.92 Å². The molecule has 0 aliphatic heterocycles. The molecule has 0 aromatic carbocycles. The molecule has 2 unspecified atom stereocenters. The van der Waals surface area contributed by atoms with Crippen molar-refractivity contribution < 1.29 is 4.79 Å². The van der Waals surface area contributed by atoms with Crippen molar-refractivity contribution in [3.05, 3.63) is 17.0 Å². The van der Waals surface area contributed by atoms with E-state index in [1.807, 2.05) is 13.8 Å². The number of primary amides is 1. The number of aryl methyl sites for hydroxylation is 1. The highest BCUT2D eigenvalue weighted by Crippen LogP contribution is 2.38. The van der Waals surface area contributed by atoms with E-state index in [1.54, 1.807) is 0 Å². The van der Waals surface area contributed by atoms with E-state index in [4.69, 9.17) is 5.73 Å². The van der Waals surface area contributed by atoms with Gasteiger partial charge in [0.25, 0.3) is 0 Å². The summed E-state index contributed by atoms with van der Waals surface area (Å²) in [5.74, 6) is -0.241. The van der Waals surface area contributed by atoms with Gasteiger partial charge in [-0.05, 0) is 52.1 Å². The second-order valence-electron chi connectivity index (χ2n) is 5.61. The fraction of sp³-hybridized carbons (Fsp3) is 0.714. The molecule has 1 heterocycles. The third kappa shape index (κ3) is 2.27. The Hall–Kier alpha value is -1.36. The lowest BCUT2D eigenvalue weighted by atomic mass is 9.96. The Morgan fingerprint density at radius 3 is 2.68 bits per heavy atom. The van der Waals surface area contributed by atoms with Crippen LogP contribution in [0.3, 0.4) is 0 Å². The maximum Gasteiger partial charge on any atom is 0.237 e. The summed E-state index contributed by atoms with van der Waals surface area (Å²) in [6.07, 6.45) is 2.47. The number of rotatable bonds is 4. The molecule has 3 N–H and O–H groups in total. The van der Waals surface area contributed by atoms with Gasteiger partial charge in [0, 0.05) is 5.69 Å². The zero-order chi connectivity index (χ0) is 14.2. The van der Waals surface area contributed by atoms with Gasteiger partial charge in [0.15, 0.2) is 0 Å².